The lowest BCUT2D eigenvalue weighted by Gasteiger charge is -2.11. The molecule has 0 aliphatic carbocycles. The molecule has 2 aromatic rings. The van der Waals surface area contributed by atoms with Crippen LogP contribution < -0.4 is 0 Å². The number of allylic oxidation sites excluding steroid dienone is 2. The van der Waals surface area contributed by atoms with Crippen LogP contribution in [0.25, 0.3) is 0 Å². The lowest BCUT2D eigenvalue weighted by atomic mass is 9.97. The quantitative estimate of drug-likeness (QED) is 0.904. The van der Waals surface area contributed by atoms with Gasteiger partial charge in [-0.2, -0.15) is 0 Å². The second kappa shape index (κ2) is 6.14. The second-order valence-electron chi connectivity index (χ2n) is 5.73. The number of aromatic hydroxyl groups is 2. The van der Waals surface area contributed by atoms with Crippen LogP contribution in [0.1, 0.15) is 29.2 Å². The van der Waals surface area contributed by atoms with E-state index in [9.17, 15) is 10.2 Å². The number of phenols is 2. The van der Waals surface area contributed by atoms with E-state index in [0.29, 0.717) is 18.8 Å². The van der Waals surface area contributed by atoms with Crippen molar-refractivity contribution in [2.75, 3.05) is 0 Å². The first-order chi connectivity index (χ1) is 10.6. The third kappa shape index (κ3) is 3.25. The van der Waals surface area contributed by atoms with Crippen molar-refractivity contribution in [3.63, 3.8) is 0 Å². The monoisotopic (exact) mass is 296 g/mol. The Morgan fingerprint density at radius 3 is 2.50 bits per heavy atom. The lowest BCUT2D eigenvalue weighted by Crippen LogP contribution is -1.98. The Bertz CT molecular complexity index is 699. The highest BCUT2D eigenvalue weighted by atomic mass is 16.5. The van der Waals surface area contributed by atoms with Gasteiger partial charge in [-0.05, 0) is 67.2 Å². The van der Waals surface area contributed by atoms with Crippen LogP contribution >= 0.6 is 0 Å². The maximum atomic E-state index is 10.3. The van der Waals surface area contributed by atoms with E-state index < -0.39 is 0 Å². The average molecular weight is 296 g/mol. The molecule has 0 unspecified atom stereocenters. The molecule has 114 valence electrons. The third-order valence-electron chi connectivity index (χ3n) is 4.07. The zero-order chi connectivity index (χ0) is 15.5. The van der Waals surface area contributed by atoms with Crippen LogP contribution in [-0.4, -0.2) is 10.2 Å². The molecular formula is C19H20O3. The van der Waals surface area contributed by atoms with Crippen molar-refractivity contribution in [2.24, 2.45) is 0 Å². The minimum atomic E-state index is 0.284. The van der Waals surface area contributed by atoms with Crippen molar-refractivity contribution in [1.82, 2.24) is 0 Å². The Morgan fingerprint density at radius 2 is 1.73 bits per heavy atom. The maximum Gasteiger partial charge on any atom is 0.119 e. The first-order valence-electron chi connectivity index (χ1n) is 7.53. The van der Waals surface area contributed by atoms with Gasteiger partial charge in [0.25, 0.3) is 0 Å². The van der Waals surface area contributed by atoms with E-state index in [1.54, 1.807) is 12.1 Å². The smallest absolute Gasteiger partial charge is 0.119 e. The van der Waals surface area contributed by atoms with Crippen LogP contribution in [0.5, 0.6) is 11.5 Å². The molecule has 22 heavy (non-hydrogen) atoms. The van der Waals surface area contributed by atoms with Gasteiger partial charge >= 0.3 is 0 Å². The van der Waals surface area contributed by atoms with E-state index in [2.05, 4.69) is 6.07 Å². The largest absolute Gasteiger partial charge is 0.508 e. The van der Waals surface area contributed by atoms with E-state index in [0.717, 1.165) is 35.3 Å². The van der Waals surface area contributed by atoms with Gasteiger partial charge in [0.15, 0.2) is 0 Å². The number of phenolic OH excluding ortho intramolecular Hbond substituents is 2. The Labute approximate surface area is 130 Å². The van der Waals surface area contributed by atoms with Crippen LogP contribution in [0.15, 0.2) is 48.2 Å². The van der Waals surface area contributed by atoms with Crippen molar-refractivity contribution in [3.05, 3.63) is 70.5 Å². The summed E-state index contributed by atoms with van der Waals surface area (Å²) in [6, 6.07) is 11.2. The van der Waals surface area contributed by atoms with Gasteiger partial charge in [-0.15, -0.1) is 0 Å². The fourth-order valence-electron chi connectivity index (χ4n) is 2.74. The number of rotatable bonds is 3. The second-order valence-corrected chi connectivity index (χ2v) is 5.73. The molecule has 3 nitrogen and oxygen atoms in total. The van der Waals surface area contributed by atoms with Crippen molar-refractivity contribution < 1.29 is 14.9 Å². The first-order valence-corrected chi connectivity index (χ1v) is 7.53. The Balaban J connectivity index is 1.76. The molecule has 0 aromatic heterocycles. The summed E-state index contributed by atoms with van der Waals surface area (Å²) in [6.45, 7) is 2.45. The standard InChI is InChI=1S/C19H20O3/c1-13-2-9-18-16(12-22-13)10-15(11-19(18)21)4-3-14-5-7-17(20)8-6-14/h2,5-8,10-11,20-21H,3-4,9,12H2,1H3. The molecule has 1 aliphatic rings. The predicted molar refractivity (Wildman–Crippen MR) is 85.9 cm³/mol. The summed E-state index contributed by atoms with van der Waals surface area (Å²) in [6.07, 6.45) is 4.43. The number of fused-ring (bicyclic) bond motifs is 1. The van der Waals surface area contributed by atoms with E-state index in [1.165, 1.54) is 5.56 Å². The fourth-order valence-corrected chi connectivity index (χ4v) is 2.74. The predicted octanol–water partition coefficient (Wildman–Crippen LogP) is 3.86. The van der Waals surface area contributed by atoms with Gasteiger partial charge in [0, 0.05) is 5.56 Å². The number of aryl methyl sites for hydroxylation is 2. The highest BCUT2D eigenvalue weighted by Gasteiger charge is 2.13. The van der Waals surface area contributed by atoms with Gasteiger partial charge in [0.1, 0.15) is 18.1 Å². The molecule has 0 saturated carbocycles. The minimum absolute atomic E-state index is 0.284. The molecule has 0 spiro atoms. The van der Waals surface area contributed by atoms with E-state index in [-0.39, 0.29) is 5.75 Å². The summed E-state index contributed by atoms with van der Waals surface area (Å²) in [5.74, 6) is 1.54. The fraction of sp³-hybridized carbons (Fsp3) is 0.263. The molecule has 0 radical (unpaired) electrons. The molecule has 0 fully saturated rings. The zero-order valence-electron chi connectivity index (χ0n) is 12.7. The molecule has 2 aromatic carbocycles. The van der Waals surface area contributed by atoms with Crippen LogP contribution in [-0.2, 0) is 30.6 Å². The van der Waals surface area contributed by atoms with Crippen molar-refractivity contribution in [2.45, 2.75) is 32.8 Å². The first kappa shape index (κ1) is 14.5. The van der Waals surface area contributed by atoms with E-state index >= 15 is 0 Å². The summed E-state index contributed by atoms with van der Waals surface area (Å²) in [5.41, 5.74) is 4.30. The van der Waals surface area contributed by atoms with E-state index in [1.807, 2.05) is 31.2 Å². The van der Waals surface area contributed by atoms with Gasteiger partial charge in [0.05, 0.1) is 5.76 Å². The molecule has 2 N–H and O–H groups in total. The van der Waals surface area contributed by atoms with Gasteiger partial charge in [-0.3, -0.25) is 0 Å². The minimum Gasteiger partial charge on any atom is -0.508 e. The summed E-state index contributed by atoms with van der Waals surface area (Å²) >= 11 is 0. The van der Waals surface area contributed by atoms with Crippen LogP contribution in [0, 0.1) is 0 Å². The molecule has 1 heterocycles. The molecule has 1 aliphatic heterocycles. The highest BCUT2D eigenvalue weighted by Crippen LogP contribution is 2.29. The number of ether oxygens (including phenoxy) is 1. The highest BCUT2D eigenvalue weighted by molar-refractivity contribution is 5.45. The maximum absolute atomic E-state index is 10.3. The summed E-state index contributed by atoms with van der Waals surface area (Å²) < 4.78 is 5.64. The molecular weight excluding hydrogens is 276 g/mol. The lowest BCUT2D eigenvalue weighted by molar-refractivity contribution is 0.202. The van der Waals surface area contributed by atoms with Crippen molar-refractivity contribution in [1.29, 1.82) is 0 Å². The van der Waals surface area contributed by atoms with Crippen LogP contribution in [0.3, 0.4) is 0 Å². The Morgan fingerprint density at radius 1 is 1.00 bits per heavy atom. The number of hydrogen-bond acceptors (Lipinski definition) is 3. The molecule has 3 heteroatoms. The normalized spacial score (nSPS) is 13.8. The Kier molecular flexibility index (Phi) is 4.05. The topological polar surface area (TPSA) is 49.7 Å². The zero-order valence-corrected chi connectivity index (χ0v) is 12.7. The van der Waals surface area contributed by atoms with Crippen LogP contribution in [0.4, 0.5) is 0 Å². The molecule has 0 amide bonds. The molecule has 3 rings (SSSR count). The number of hydrogen-bond donors (Lipinski definition) is 2. The van der Waals surface area contributed by atoms with Crippen LogP contribution in [0.2, 0.25) is 0 Å². The molecule has 0 atom stereocenters. The van der Waals surface area contributed by atoms with Gasteiger partial charge < -0.3 is 14.9 Å². The van der Waals surface area contributed by atoms with Crippen molar-refractivity contribution >= 4 is 0 Å². The molecule has 0 saturated heterocycles. The average Bonchev–Trinajstić information content (AvgIpc) is 2.69. The van der Waals surface area contributed by atoms with Gasteiger partial charge in [0.2, 0.25) is 0 Å². The number of benzene rings is 2. The molecule has 0 bridgehead atoms. The van der Waals surface area contributed by atoms with E-state index in [4.69, 9.17) is 4.74 Å². The summed E-state index contributed by atoms with van der Waals surface area (Å²) in [5, 5.41) is 19.6. The third-order valence-corrected chi connectivity index (χ3v) is 4.07. The summed E-state index contributed by atoms with van der Waals surface area (Å²) in [4.78, 5) is 0. The van der Waals surface area contributed by atoms with Crippen molar-refractivity contribution in [3.8, 4) is 11.5 Å². The Hall–Kier alpha value is -2.42. The summed E-state index contributed by atoms with van der Waals surface area (Å²) in [7, 11) is 0. The van der Waals surface area contributed by atoms with Gasteiger partial charge in [-0.25, -0.2) is 0 Å². The van der Waals surface area contributed by atoms with Gasteiger partial charge in [-0.1, -0.05) is 18.2 Å². The SMILES string of the molecule is CC1=CCc2c(O)cc(CCc3ccc(O)cc3)cc2CO1.